The fraction of sp³-hybridized carbons (Fsp3) is 0.536. The molecule has 1 aromatic rings. The number of hydrogen-bond acceptors (Lipinski definition) is 5. The number of esters is 1. The molecule has 5 nitrogen and oxygen atoms in total. The van der Waals surface area contributed by atoms with Gasteiger partial charge in [0.25, 0.3) is 11.7 Å². The van der Waals surface area contributed by atoms with E-state index in [4.69, 9.17) is 14.2 Å². The minimum absolute atomic E-state index is 0.0183. The predicted octanol–water partition coefficient (Wildman–Crippen LogP) is 5.22. The fourth-order valence-corrected chi connectivity index (χ4v) is 5.38. The van der Waals surface area contributed by atoms with Gasteiger partial charge in [-0.15, -0.1) is 11.8 Å². The molecule has 1 aromatic carbocycles. The van der Waals surface area contributed by atoms with Crippen molar-refractivity contribution in [3.05, 3.63) is 60.6 Å². The first-order valence-electron chi connectivity index (χ1n) is 11.9. The molecule has 1 saturated heterocycles. The van der Waals surface area contributed by atoms with E-state index in [0.717, 1.165) is 25.7 Å². The summed E-state index contributed by atoms with van der Waals surface area (Å²) in [4.78, 5) is 12.8. The van der Waals surface area contributed by atoms with Crippen molar-refractivity contribution in [2.24, 2.45) is 23.2 Å². The van der Waals surface area contributed by atoms with E-state index in [0.29, 0.717) is 23.8 Å². The zero-order chi connectivity index (χ0) is 23.6. The second-order valence-electron chi connectivity index (χ2n) is 10.1. The number of carbonyl (C=O) groups excluding carboxylic acids is 1. The van der Waals surface area contributed by atoms with Gasteiger partial charge in [0.15, 0.2) is 0 Å². The van der Waals surface area contributed by atoms with Gasteiger partial charge in [0.2, 0.25) is 0 Å². The van der Waals surface area contributed by atoms with Crippen LogP contribution < -0.4 is 0 Å². The Labute approximate surface area is 196 Å². The Morgan fingerprint density at radius 3 is 2.70 bits per heavy atom. The van der Waals surface area contributed by atoms with Crippen molar-refractivity contribution in [3.63, 3.8) is 0 Å². The number of carbonyl (C=O) groups is 1. The van der Waals surface area contributed by atoms with E-state index in [2.05, 4.69) is 18.4 Å². The summed E-state index contributed by atoms with van der Waals surface area (Å²) in [5, 5.41) is 10.9. The van der Waals surface area contributed by atoms with Crippen LogP contribution in [0.3, 0.4) is 0 Å². The van der Waals surface area contributed by atoms with E-state index in [1.54, 1.807) is 12.1 Å². The normalized spacial score (nSPS) is 28.3. The smallest absolute Gasteiger partial charge is 0.338 e. The number of ether oxygens (including phenoxy) is 3. The van der Waals surface area contributed by atoms with Crippen LogP contribution in [0.4, 0.5) is 0 Å². The van der Waals surface area contributed by atoms with Crippen LogP contribution in [0.5, 0.6) is 0 Å². The molecule has 1 aliphatic heterocycles. The minimum Gasteiger partial charge on any atom is -0.458 e. The third kappa shape index (κ3) is 4.96. The van der Waals surface area contributed by atoms with E-state index in [1.165, 1.54) is 0 Å². The lowest BCUT2D eigenvalue weighted by atomic mass is 9.82. The molecule has 0 unspecified atom stereocenters. The molecular formula is C28H34O5. The van der Waals surface area contributed by atoms with Crippen molar-refractivity contribution < 1.29 is 24.1 Å². The highest BCUT2D eigenvalue weighted by Crippen LogP contribution is 2.58. The van der Waals surface area contributed by atoms with E-state index in [9.17, 15) is 9.90 Å². The lowest BCUT2D eigenvalue weighted by molar-refractivity contribution is -0.332. The number of hydrogen-bond donors (Lipinski definition) is 1. The molecule has 1 spiro atoms. The summed E-state index contributed by atoms with van der Waals surface area (Å²) in [6.07, 6.45) is 6.66. The monoisotopic (exact) mass is 450 g/mol. The van der Waals surface area contributed by atoms with Crippen molar-refractivity contribution in [2.75, 3.05) is 0 Å². The van der Waals surface area contributed by atoms with Crippen LogP contribution in [0, 0.1) is 35.0 Å². The Balaban J connectivity index is 1.50. The van der Waals surface area contributed by atoms with Gasteiger partial charge in [-0.1, -0.05) is 51.1 Å². The maximum atomic E-state index is 12.8. The third-order valence-electron chi connectivity index (χ3n) is 7.21. The van der Waals surface area contributed by atoms with Crippen LogP contribution in [0.25, 0.3) is 0 Å². The van der Waals surface area contributed by atoms with E-state index in [1.807, 2.05) is 51.1 Å². The predicted molar refractivity (Wildman–Crippen MR) is 126 cm³/mol. The Bertz CT molecular complexity index is 959. The lowest BCUT2D eigenvalue weighted by Crippen LogP contribution is -2.43. The molecule has 3 aliphatic rings. The number of rotatable bonds is 6. The Morgan fingerprint density at radius 2 is 2.03 bits per heavy atom. The maximum Gasteiger partial charge on any atom is 0.338 e. The molecule has 5 heteroatoms. The first-order chi connectivity index (χ1) is 15.7. The Hall–Kier alpha value is -2.71. The first-order valence-corrected chi connectivity index (χ1v) is 11.9. The molecule has 5 atom stereocenters. The molecule has 1 N–H and O–H groups in total. The zero-order valence-corrected chi connectivity index (χ0v) is 19.8. The maximum absolute atomic E-state index is 12.8. The molecule has 4 rings (SSSR count). The van der Waals surface area contributed by atoms with Gasteiger partial charge in [0, 0.05) is 37.0 Å². The third-order valence-corrected chi connectivity index (χ3v) is 7.21. The standard InChI is InChI=1S/C28H34O5/c1-5-6-10-15-27(3,4)25(29)14-13-22-23-18-28(32-19(2)33-28)17-21(23)16-24(22)31-26(30)20-11-8-7-9-12-20/h7-9,11-14,21-25,29H,2,5,15-18H2,1,3-4H3/b14-13+/t21-,22-,23+,24-,25-/m1/s1. The summed E-state index contributed by atoms with van der Waals surface area (Å²) in [5.74, 6) is 6.26. The number of fused-ring (bicyclic) bond motifs is 1. The van der Waals surface area contributed by atoms with Gasteiger partial charge in [0.1, 0.15) is 6.10 Å². The number of benzene rings is 1. The molecule has 1 heterocycles. The van der Waals surface area contributed by atoms with Crippen molar-refractivity contribution >= 4 is 5.97 Å². The van der Waals surface area contributed by atoms with E-state index in [-0.39, 0.29) is 29.3 Å². The summed E-state index contributed by atoms with van der Waals surface area (Å²) in [6, 6.07) is 9.08. The molecule has 2 aliphatic carbocycles. The lowest BCUT2D eigenvalue weighted by Gasteiger charge is -2.41. The topological polar surface area (TPSA) is 65.0 Å². The van der Waals surface area contributed by atoms with Crippen molar-refractivity contribution in [3.8, 4) is 11.8 Å². The fourth-order valence-electron chi connectivity index (χ4n) is 5.38. The average molecular weight is 451 g/mol. The molecule has 0 bridgehead atoms. The molecular weight excluding hydrogens is 416 g/mol. The van der Waals surface area contributed by atoms with Crippen molar-refractivity contribution in [1.29, 1.82) is 0 Å². The Kier molecular flexibility index (Phi) is 6.59. The largest absolute Gasteiger partial charge is 0.458 e. The van der Waals surface area contributed by atoms with Gasteiger partial charge in [-0.3, -0.25) is 0 Å². The molecule has 176 valence electrons. The van der Waals surface area contributed by atoms with Crippen LogP contribution >= 0.6 is 0 Å². The average Bonchev–Trinajstić information content (AvgIpc) is 3.27. The second-order valence-corrected chi connectivity index (χ2v) is 10.1. The highest BCUT2D eigenvalue weighted by molar-refractivity contribution is 5.89. The summed E-state index contributed by atoms with van der Waals surface area (Å²) in [7, 11) is 0. The molecule has 0 radical (unpaired) electrons. The van der Waals surface area contributed by atoms with Gasteiger partial charge in [-0.2, -0.15) is 0 Å². The van der Waals surface area contributed by atoms with Crippen molar-refractivity contribution in [1.82, 2.24) is 0 Å². The SMILES string of the molecule is C=C1OC2(C[C@H]3C[C@@H](OC(=O)c4ccccc4)[C@H](/C=C/[C@@H](O)C(C)(C)CC#CCC)[C@H]3C2)O1. The van der Waals surface area contributed by atoms with Gasteiger partial charge < -0.3 is 19.3 Å². The first kappa shape index (κ1) is 23.4. The summed E-state index contributed by atoms with van der Waals surface area (Å²) >= 11 is 0. The molecule has 3 fully saturated rings. The van der Waals surface area contributed by atoms with Gasteiger partial charge in [0.05, 0.1) is 11.7 Å². The number of aliphatic hydroxyl groups is 1. The molecule has 33 heavy (non-hydrogen) atoms. The highest BCUT2D eigenvalue weighted by Gasteiger charge is 2.60. The zero-order valence-electron chi connectivity index (χ0n) is 19.8. The van der Waals surface area contributed by atoms with Gasteiger partial charge >= 0.3 is 5.97 Å². The van der Waals surface area contributed by atoms with Crippen LogP contribution in [0.15, 0.2) is 55.0 Å². The van der Waals surface area contributed by atoms with Crippen LogP contribution in [0.2, 0.25) is 0 Å². The quantitative estimate of drug-likeness (QED) is 0.366. The van der Waals surface area contributed by atoms with Crippen LogP contribution in [-0.2, 0) is 14.2 Å². The Morgan fingerprint density at radius 1 is 1.30 bits per heavy atom. The van der Waals surface area contributed by atoms with Crippen LogP contribution in [-0.4, -0.2) is 29.1 Å². The summed E-state index contributed by atoms with van der Waals surface area (Å²) in [6.45, 7) is 9.78. The summed E-state index contributed by atoms with van der Waals surface area (Å²) in [5.41, 5.74) is 0.174. The summed E-state index contributed by atoms with van der Waals surface area (Å²) < 4.78 is 17.6. The second kappa shape index (κ2) is 9.27. The van der Waals surface area contributed by atoms with Gasteiger partial charge in [-0.05, 0) is 37.0 Å². The number of aliphatic hydroxyl groups excluding tert-OH is 1. The molecule has 0 aromatic heterocycles. The van der Waals surface area contributed by atoms with E-state index >= 15 is 0 Å². The minimum atomic E-state index is -0.653. The van der Waals surface area contributed by atoms with Crippen molar-refractivity contribution in [2.45, 2.75) is 70.9 Å². The molecule has 0 amide bonds. The van der Waals surface area contributed by atoms with E-state index < -0.39 is 11.9 Å². The molecule has 2 saturated carbocycles. The highest BCUT2D eigenvalue weighted by atomic mass is 16.9. The van der Waals surface area contributed by atoms with Gasteiger partial charge in [-0.25, -0.2) is 4.79 Å². The van der Waals surface area contributed by atoms with Crippen LogP contribution in [0.1, 0.15) is 63.2 Å².